The Morgan fingerprint density at radius 2 is 1.75 bits per heavy atom. The number of rotatable bonds is 3. The summed E-state index contributed by atoms with van der Waals surface area (Å²) in [5.41, 5.74) is 2.42. The van der Waals surface area contributed by atoms with Crippen molar-refractivity contribution >= 4 is 5.82 Å². The van der Waals surface area contributed by atoms with Gasteiger partial charge in [-0.05, 0) is 36.8 Å². The van der Waals surface area contributed by atoms with Crippen molar-refractivity contribution in [3.05, 3.63) is 54.0 Å². The average Bonchev–Trinajstić information content (AvgIpc) is 2.49. The van der Waals surface area contributed by atoms with E-state index in [0.717, 1.165) is 44.2 Å². The minimum atomic E-state index is 1.01. The molecule has 0 aromatic carbocycles. The molecule has 20 heavy (non-hydrogen) atoms. The van der Waals surface area contributed by atoms with Gasteiger partial charge in [-0.3, -0.25) is 9.88 Å². The topological polar surface area (TPSA) is 32.3 Å². The number of piperazine rings is 1. The normalized spacial score (nSPS) is 16.4. The number of aryl methyl sites for hydroxylation is 1. The van der Waals surface area contributed by atoms with Gasteiger partial charge in [0, 0.05) is 50.8 Å². The molecule has 0 radical (unpaired) electrons. The fourth-order valence-electron chi connectivity index (χ4n) is 2.59. The Balaban J connectivity index is 1.57. The Bertz CT molecular complexity index is 547. The molecule has 1 saturated heterocycles. The van der Waals surface area contributed by atoms with Gasteiger partial charge in [0.15, 0.2) is 0 Å². The first-order valence-corrected chi connectivity index (χ1v) is 7.11. The van der Waals surface area contributed by atoms with Crippen molar-refractivity contribution in [1.82, 2.24) is 14.9 Å². The molecule has 104 valence electrons. The summed E-state index contributed by atoms with van der Waals surface area (Å²) < 4.78 is 0. The lowest BCUT2D eigenvalue weighted by atomic mass is 10.2. The minimum Gasteiger partial charge on any atom is -0.354 e. The van der Waals surface area contributed by atoms with Crippen molar-refractivity contribution in [2.24, 2.45) is 0 Å². The lowest BCUT2D eigenvalue weighted by molar-refractivity contribution is 0.249. The number of hydrogen-bond acceptors (Lipinski definition) is 4. The van der Waals surface area contributed by atoms with E-state index in [4.69, 9.17) is 0 Å². The van der Waals surface area contributed by atoms with Crippen LogP contribution in [-0.2, 0) is 6.54 Å². The quantitative estimate of drug-likeness (QED) is 0.853. The summed E-state index contributed by atoms with van der Waals surface area (Å²) in [7, 11) is 0. The molecule has 0 N–H and O–H groups in total. The molecule has 0 bridgehead atoms. The highest BCUT2D eigenvalue weighted by molar-refractivity contribution is 5.39. The molecule has 3 heterocycles. The molecule has 0 aliphatic carbocycles. The minimum absolute atomic E-state index is 1.01. The highest BCUT2D eigenvalue weighted by Crippen LogP contribution is 2.15. The molecule has 0 atom stereocenters. The maximum atomic E-state index is 4.61. The molecule has 3 rings (SSSR count). The zero-order valence-corrected chi connectivity index (χ0v) is 11.9. The van der Waals surface area contributed by atoms with E-state index in [1.165, 1.54) is 5.56 Å². The molecule has 0 spiro atoms. The molecular formula is C16H20N4. The highest BCUT2D eigenvalue weighted by Gasteiger charge is 2.17. The van der Waals surface area contributed by atoms with Crippen LogP contribution in [0.15, 0.2) is 42.7 Å². The number of pyridine rings is 2. The van der Waals surface area contributed by atoms with Crippen LogP contribution in [0.25, 0.3) is 0 Å². The summed E-state index contributed by atoms with van der Waals surface area (Å²) in [5, 5.41) is 0. The Hall–Kier alpha value is -1.94. The van der Waals surface area contributed by atoms with Crippen LogP contribution in [0.2, 0.25) is 0 Å². The monoisotopic (exact) mass is 268 g/mol. The third-order valence-corrected chi connectivity index (χ3v) is 3.73. The van der Waals surface area contributed by atoms with Gasteiger partial charge >= 0.3 is 0 Å². The van der Waals surface area contributed by atoms with Crippen LogP contribution in [-0.4, -0.2) is 41.0 Å². The van der Waals surface area contributed by atoms with Crippen LogP contribution < -0.4 is 4.90 Å². The fraction of sp³-hybridized carbons (Fsp3) is 0.375. The Morgan fingerprint density at radius 3 is 2.45 bits per heavy atom. The molecule has 0 amide bonds. The standard InChI is InChI=1S/C16H20N4/c1-14-3-2-4-16(18-14)20-11-9-19(10-12-20)13-15-5-7-17-8-6-15/h2-8H,9-13H2,1H3. The van der Waals surface area contributed by atoms with E-state index in [2.05, 4.69) is 44.0 Å². The van der Waals surface area contributed by atoms with E-state index >= 15 is 0 Å². The van der Waals surface area contributed by atoms with Gasteiger partial charge < -0.3 is 4.90 Å². The molecule has 1 aliphatic rings. The van der Waals surface area contributed by atoms with E-state index in [-0.39, 0.29) is 0 Å². The second-order valence-electron chi connectivity index (χ2n) is 5.26. The molecule has 0 unspecified atom stereocenters. The fourth-order valence-corrected chi connectivity index (χ4v) is 2.59. The lowest BCUT2D eigenvalue weighted by Gasteiger charge is -2.35. The van der Waals surface area contributed by atoms with E-state index in [9.17, 15) is 0 Å². The summed E-state index contributed by atoms with van der Waals surface area (Å²) in [5.74, 6) is 1.11. The first kappa shape index (κ1) is 13.1. The van der Waals surface area contributed by atoms with Crippen LogP contribution in [0.5, 0.6) is 0 Å². The van der Waals surface area contributed by atoms with Crippen LogP contribution in [0, 0.1) is 6.92 Å². The van der Waals surface area contributed by atoms with Gasteiger partial charge in [0.05, 0.1) is 0 Å². The van der Waals surface area contributed by atoms with Crippen molar-refractivity contribution in [1.29, 1.82) is 0 Å². The number of nitrogens with zero attached hydrogens (tertiary/aromatic N) is 4. The van der Waals surface area contributed by atoms with Gasteiger partial charge in [0.1, 0.15) is 5.82 Å². The average molecular weight is 268 g/mol. The molecule has 4 nitrogen and oxygen atoms in total. The third-order valence-electron chi connectivity index (χ3n) is 3.73. The van der Waals surface area contributed by atoms with Crippen LogP contribution in [0.1, 0.15) is 11.3 Å². The predicted molar refractivity (Wildman–Crippen MR) is 80.7 cm³/mol. The molecular weight excluding hydrogens is 248 g/mol. The second kappa shape index (κ2) is 6.01. The summed E-state index contributed by atoms with van der Waals surface area (Å²) in [6.45, 7) is 7.31. The second-order valence-corrected chi connectivity index (χ2v) is 5.26. The highest BCUT2D eigenvalue weighted by atomic mass is 15.3. The predicted octanol–water partition coefficient (Wildman–Crippen LogP) is 2.11. The summed E-state index contributed by atoms with van der Waals surface area (Å²) >= 11 is 0. The maximum Gasteiger partial charge on any atom is 0.128 e. The van der Waals surface area contributed by atoms with E-state index in [1.807, 2.05) is 25.4 Å². The molecule has 2 aromatic rings. The summed E-state index contributed by atoms with van der Waals surface area (Å²) in [6, 6.07) is 10.4. The first-order valence-electron chi connectivity index (χ1n) is 7.11. The lowest BCUT2D eigenvalue weighted by Crippen LogP contribution is -2.46. The number of anilines is 1. The number of aromatic nitrogens is 2. The first-order chi connectivity index (χ1) is 9.81. The van der Waals surface area contributed by atoms with Gasteiger partial charge in [0.25, 0.3) is 0 Å². The molecule has 1 fully saturated rings. The molecule has 0 saturated carbocycles. The van der Waals surface area contributed by atoms with Crippen molar-refractivity contribution in [3.63, 3.8) is 0 Å². The zero-order valence-electron chi connectivity index (χ0n) is 11.9. The van der Waals surface area contributed by atoms with Gasteiger partial charge in [-0.1, -0.05) is 6.07 Å². The van der Waals surface area contributed by atoms with E-state index < -0.39 is 0 Å². The van der Waals surface area contributed by atoms with Gasteiger partial charge in [-0.15, -0.1) is 0 Å². The van der Waals surface area contributed by atoms with Gasteiger partial charge in [-0.2, -0.15) is 0 Å². The summed E-state index contributed by atoms with van der Waals surface area (Å²) in [6.07, 6.45) is 3.73. The Labute approximate surface area is 120 Å². The van der Waals surface area contributed by atoms with Crippen molar-refractivity contribution < 1.29 is 0 Å². The number of hydrogen-bond donors (Lipinski definition) is 0. The Morgan fingerprint density at radius 1 is 1.00 bits per heavy atom. The van der Waals surface area contributed by atoms with Crippen molar-refractivity contribution in [3.8, 4) is 0 Å². The third kappa shape index (κ3) is 3.14. The summed E-state index contributed by atoms with van der Waals surface area (Å²) in [4.78, 5) is 13.5. The Kier molecular flexibility index (Phi) is 3.92. The van der Waals surface area contributed by atoms with Crippen LogP contribution in [0.4, 0.5) is 5.82 Å². The van der Waals surface area contributed by atoms with Gasteiger partial charge in [-0.25, -0.2) is 4.98 Å². The van der Waals surface area contributed by atoms with Crippen LogP contribution >= 0.6 is 0 Å². The molecule has 1 aliphatic heterocycles. The zero-order chi connectivity index (χ0) is 13.8. The van der Waals surface area contributed by atoms with E-state index in [1.54, 1.807) is 0 Å². The van der Waals surface area contributed by atoms with Crippen molar-refractivity contribution in [2.75, 3.05) is 31.1 Å². The SMILES string of the molecule is Cc1cccc(N2CCN(Cc3ccncc3)CC2)n1. The molecule has 2 aromatic heterocycles. The van der Waals surface area contributed by atoms with Crippen molar-refractivity contribution in [2.45, 2.75) is 13.5 Å². The molecule has 4 heteroatoms. The van der Waals surface area contributed by atoms with Gasteiger partial charge in [0.2, 0.25) is 0 Å². The smallest absolute Gasteiger partial charge is 0.128 e. The van der Waals surface area contributed by atoms with Crippen LogP contribution in [0.3, 0.4) is 0 Å². The maximum absolute atomic E-state index is 4.61. The van der Waals surface area contributed by atoms with E-state index in [0.29, 0.717) is 0 Å². The largest absolute Gasteiger partial charge is 0.354 e.